The summed E-state index contributed by atoms with van der Waals surface area (Å²) in [4.78, 5) is 16.2. The van der Waals surface area contributed by atoms with Gasteiger partial charge in [-0.15, -0.1) is 0 Å². The normalized spacial score (nSPS) is 23.9. The molecule has 1 amide bonds. The topological polar surface area (TPSA) is 47.3 Å². The molecule has 0 aromatic rings. The quantitative estimate of drug-likeness (QED) is 0.719. The molecule has 1 aliphatic heterocycles. The van der Waals surface area contributed by atoms with Crippen LogP contribution >= 0.6 is 0 Å². The van der Waals surface area contributed by atoms with Gasteiger partial charge in [0.1, 0.15) is 5.92 Å². The highest BCUT2D eigenvalue weighted by molar-refractivity contribution is 5.81. The van der Waals surface area contributed by atoms with Crippen molar-refractivity contribution < 1.29 is 4.79 Å². The second-order valence-electron chi connectivity index (χ2n) is 4.61. The lowest BCUT2D eigenvalue weighted by Gasteiger charge is -2.39. The fourth-order valence-corrected chi connectivity index (χ4v) is 2.20. The first-order valence-corrected chi connectivity index (χ1v) is 5.98. The van der Waals surface area contributed by atoms with E-state index in [-0.39, 0.29) is 11.9 Å². The number of nitriles is 1. The molecule has 1 heterocycles. The maximum atomic E-state index is 12.1. The molecule has 1 saturated heterocycles. The van der Waals surface area contributed by atoms with E-state index in [1.165, 1.54) is 0 Å². The third-order valence-electron chi connectivity index (χ3n) is 3.14. The fourth-order valence-electron chi connectivity index (χ4n) is 2.20. The Morgan fingerprint density at radius 3 is 2.75 bits per heavy atom. The monoisotopic (exact) mass is 223 g/mol. The number of piperazine rings is 1. The van der Waals surface area contributed by atoms with Crippen molar-refractivity contribution in [2.24, 2.45) is 5.92 Å². The number of amides is 1. The van der Waals surface area contributed by atoms with E-state index in [4.69, 9.17) is 5.26 Å². The third kappa shape index (κ3) is 2.96. The van der Waals surface area contributed by atoms with Gasteiger partial charge in [-0.05, 0) is 20.4 Å². The Hall–Kier alpha value is -1.08. The summed E-state index contributed by atoms with van der Waals surface area (Å²) < 4.78 is 0. The molecule has 16 heavy (non-hydrogen) atoms. The van der Waals surface area contributed by atoms with Crippen molar-refractivity contribution in [3.05, 3.63) is 0 Å². The SMILES string of the molecule is CCCC(C#N)C(=O)N1CCN(C)CC1C. The number of hydrogen-bond donors (Lipinski definition) is 0. The summed E-state index contributed by atoms with van der Waals surface area (Å²) in [6, 6.07) is 2.35. The number of rotatable bonds is 3. The van der Waals surface area contributed by atoms with Crippen LogP contribution in [0, 0.1) is 17.2 Å². The van der Waals surface area contributed by atoms with Gasteiger partial charge in [0.05, 0.1) is 6.07 Å². The molecular formula is C12H21N3O. The molecule has 1 rings (SSSR count). The van der Waals surface area contributed by atoms with Crippen LogP contribution in [0.4, 0.5) is 0 Å². The number of carbonyl (C=O) groups is 1. The summed E-state index contributed by atoms with van der Waals surface area (Å²) in [7, 11) is 2.06. The number of nitrogens with zero attached hydrogens (tertiary/aromatic N) is 3. The van der Waals surface area contributed by atoms with E-state index in [1.807, 2.05) is 18.7 Å². The minimum atomic E-state index is -0.448. The van der Waals surface area contributed by atoms with Crippen LogP contribution in [0.2, 0.25) is 0 Å². The van der Waals surface area contributed by atoms with Crippen molar-refractivity contribution in [2.75, 3.05) is 26.7 Å². The van der Waals surface area contributed by atoms with Crippen LogP contribution in [0.15, 0.2) is 0 Å². The molecule has 4 heteroatoms. The smallest absolute Gasteiger partial charge is 0.240 e. The van der Waals surface area contributed by atoms with E-state index >= 15 is 0 Å². The number of likely N-dealkylation sites (N-methyl/N-ethyl adjacent to an activating group) is 1. The maximum absolute atomic E-state index is 12.1. The van der Waals surface area contributed by atoms with Gasteiger partial charge in [0.25, 0.3) is 0 Å². The summed E-state index contributed by atoms with van der Waals surface area (Å²) in [5, 5.41) is 8.99. The molecule has 0 aliphatic carbocycles. The molecule has 1 fully saturated rings. The van der Waals surface area contributed by atoms with Crippen LogP contribution in [-0.4, -0.2) is 48.4 Å². The van der Waals surface area contributed by atoms with E-state index in [1.54, 1.807) is 0 Å². The second kappa shape index (κ2) is 5.86. The van der Waals surface area contributed by atoms with Crippen molar-refractivity contribution in [1.29, 1.82) is 5.26 Å². The zero-order chi connectivity index (χ0) is 12.1. The number of hydrogen-bond acceptors (Lipinski definition) is 3. The molecule has 0 bridgehead atoms. The fraction of sp³-hybridized carbons (Fsp3) is 0.833. The van der Waals surface area contributed by atoms with E-state index in [0.717, 1.165) is 26.1 Å². The van der Waals surface area contributed by atoms with Crippen molar-refractivity contribution >= 4 is 5.91 Å². The van der Waals surface area contributed by atoms with Gasteiger partial charge in [-0.25, -0.2) is 0 Å². The summed E-state index contributed by atoms with van der Waals surface area (Å²) in [6.45, 7) is 6.60. The third-order valence-corrected chi connectivity index (χ3v) is 3.14. The summed E-state index contributed by atoms with van der Waals surface area (Å²) >= 11 is 0. The molecule has 0 spiro atoms. The Bertz CT molecular complexity index is 284. The molecule has 0 N–H and O–H groups in total. The van der Waals surface area contributed by atoms with Gasteiger partial charge in [-0.2, -0.15) is 5.26 Å². The summed E-state index contributed by atoms with van der Waals surface area (Å²) in [5.74, 6) is -0.430. The molecule has 0 radical (unpaired) electrons. The predicted molar refractivity (Wildman–Crippen MR) is 62.7 cm³/mol. The lowest BCUT2D eigenvalue weighted by atomic mass is 10.0. The zero-order valence-corrected chi connectivity index (χ0v) is 10.4. The number of carbonyl (C=O) groups excluding carboxylic acids is 1. The van der Waals surface area contributed by atoms with Gasteiger partial charge in [0.2, 0.25) is 5.91 Å². The van der Waals surface area contributed by atoms with Gasteiger partial charge in [0, 0.05) is 25.7 Å². The highest BCUT2D eigenvalue weighted by Gasteiger charge is 2.30. The predicted octanol–water partition coefficient (Wildman–Crippen LogP) is 1.09. The molecule has 2 unspecified atom stereocenters. The Balaban J connectivity index is 2.62. The van der Waals surface area contributed by atoms with Gasteiger partial charge < -0.3 is 9.80 Å². The standard InChI is InChI=1S/C12H21N3O/c1-4-5-11(8-13)12(16)15-7-6-14(3)9-10(15)2/h10-11H,4-7,9H2,1-3H3. The Morgan fingerprint density at radius 2 is 2.25 bits per heavy atom. The zero-order valence-electron chi connectivity index (χ0n) is 10.4. The second-order valence-corrected chi connectivity index (χ2v) is 4.61. The lowest BCUT2D eigenvalue weighted by Crippen LogP contribution is -2.54. The molecule has 2 atom stereocenters. The van der Waals surface area contributed by atoms with Gasteiger partial charge >= 0.3 is 0 Å². The molecule has 90 valence electrons. The lowest BCUT2D eigenvalue weighted by molar-refractivity contribution is -0.138. The van der Waals surface area contributed by atoms with Gasteiger partial charge in [-0.3, -0.25) is 4.79 Å². The van der Waals surface area contributed by atoms with Crippen LogP contribution in [0.3, 0.4) is 0 Å². The summed E-state index contributed by atoms with van der Waals surface area (Å²) in [6.07, 6.45) is 1.56. The summed E-state index contributed by atoms with van der Waals surface area (Å²) in [5.41, 5.74) is 0. The van der Waals surface area contributed by atoms with E-state index in [2.05, 4.69) is 18.0 Å². The van der Waals surface area contributed by atoms with Crippen LogP contribution in [0.5, 0.6) is 0 Å². The van der Waals surface area contributed by atoms with E-state index in [9.17, 15) is 4.79 Å². The Morgan fingerprint density at radius 1 is 1.56 bits per heavy atom. The van der Waals surface area contributed by atoms with Crippen LogP contribution < -0.4 is 0 Å². The molecule has 4 nitrogen and oxygen atoms in total. The van der Waals surface area contributed by atoms with Crippen molar-refractivity contribution in [3.8, 4) is 6.07 Å². The van der Waals surface area contributed by atoms with Crippen molar-refractivity contribution in [3.63, 3.8) is 0 Å². The molecule has 1 aliphatic rings. The minimum absolute atomic E-state index is 0.0185. The minimum Gasteiger partial charge on any atom is -0.336 e. The molecule has 0 aromatic heterocycles. The van der Waals surface area contributed by atoms with Gasteiger partial charge in [-0.1, -0.05) is 13.3 Å². The van der Waals surface area contributed by atoms with E-state index in [0.29, 0.717) is 6.42 Å². The largest absolute Gasteiger partial charge is 0.336 e. The first-order valence-electron chi connectivity index (χ1n) is 5.98. The Kier molecular flexibility index (Phi) is 4.75. The highest BCUT2D eigenvalue weighted by Crippen LogP contribution is 2.15. The average Bonchev–Trinajstić information content (AvgIpc) is 2.25. The van der Waals surface area contributed by atoms with Crippen molar-refractivity contribution in [1.82, 2.24) is 9.80 Å². The first-order chi connectivity index (χ1) is 7.60. The highest BCUT2D eigenvalue weighted by atomic mass is 16.2. The molecule has 0 aromatic carbocycles. The van der Waals surface area contributed by atoms with E-state index < -0.39 is 5.92 Å². The van der Waals surface area contributed by atoms with Crippen LogP contribution in [0.25, 0.3) is 0 Å². The van der Waals surface area contributed by atoms with Crippen LogP contribution in [-0.2, 0) is 4.79 Å². The average molecular weight is 223 g/mol. The molecular weight excluding hydrogens is 202 g/mol. The first kappa shape index (κ1) is 13.0. The maximum Gasteiger partial charge on any atom is 0.240 e. The van der Waals surface area contributed by atoms with Gasteiger partial charge in [0.15, 0.2) is 0 Å². The van der Waals surface area contributed by atoms with Crippen LogP contribution in [0.1, 0.15) is 26.7 Å². The molecule has 0 saturated carbocycles. The van der Waals surface area contributed by atoms with Crippen molar-refractivity contribution in [2.45, 2.75) is 32.7 Å². The Labute approximate surface area is 97.8 Å².